The third kappa shape index (κ3) is 8.05. The van der Waals surface area contributed by atoms with Gasteiger partial charge in [0.2, 0.25) is 0 Å². The summed E-state index contributed by atoms with van der Waals surface area (Å²) in [6.07, 6.45) is 3.95. The normalized spacial score (nSPS) is 11.3. The monoisotopic (exact) mass is 917 g/mol. The molecule has 0 unspecified atom stereocenters. The molecule has 3 nitrogen and oxygen atoms in total. The van der Waals surface area contributed by atoms with Crippen LogP contribution in [-0.2, 0) is 20.1 Å². The van der Waals surface area contributed by atoms with Gasteiger partial charge in [0.25, 0.3) is 0 Å². The zero-order valence-corrected chi connectivity index (χ0v) is 35.0. The van der Waals surface area contributed by atoms with E-state index in [1.54, 1.807) is 0 Å². The van der Waals surface area contributed by atoms with Crippen molar-refractivity contribution in [2.45, 2.75) is 44.0 Å². The molecular formula is C47H42GeIrN2O-2. The van der Waals surface area contributed by atoms with Gasteiger partial charge in [-0.1, -0.05) is 97.1 Å². The molecule has 5 aromatic carbocycles. The van der Waals surface area contributed by atoms with Crippen molar-refractivity contribution in [3.05, 3.63) is 163 Å². The zero-order valence-electron chi connectivity index (χ0n) is 30.5. The number of benzene rings is 5. The van der Waals surface area contributed by atoms with Crippen LogP contribution in [0.25, 0.3) is 66.7 Å². The van der Waals surface area contributed by atoms with Crippen LogP contribution in [0.1, 0.15) is 30.9 Å². The molecule has 52 heavy (non-hydrogen) atoms. The van der Waals surface area contributed by atoms with Crippen molar-refractivity contribution in [1.82, 2.24) is 9.97 Å². The first-order valence-electron chi connectivity index (χ1n) is 17.6. The number of fused-ring (bicyclic) bond motifs is 3. The number of aryl methyl sites for hydroxylation is 1. The maximum Gasteiger partial charge on any atom is 0 e. The topological polar surface area (TPSA) is 38.9 Å². The molecule has 8 rings (SSSR count). The van der Waals surface area contributed by atoms with Crippen molar-refractivity contribution in [2.75, 3.05) is 0 Å². The molecule has 0 saturated carbocycles. The van der Waals surface area contributed by atoms with E-state index in [1.165, 1.54) is 37.8 Å². The molecule has 3 aromatic heterocycles. The molecule has 0 bridgehead atoms. The summed E-state index contributed by atoms with van der Waals surface area (Å²) in [5.74, 6) is 7.64. The summed E-state index contributed by atoms with van der Waals surface area (Å²) in [6, 6.07) is 50.7. The first kappa shape index (κ1) is 37.2. The predicted molar refractivity (Wildman–Crippen MR) is 217 cm³/mol. The van der Waals surface area contributed by atoms with Gasteiger partial charge < -0.3 is 9.40 Å². The van der Waals surface area contributed by atoms with Gasteiger partial charge in [-0.2, -0.15) is 0 Å². The van der Waals surface area contributed by atoms with Gasteiger partial charge >= 0.3 is 106 Å². The van der Waals surface area contributed by atoms with Gasteiger partial charge in [0.15, 0.2) is 0 Å². The number of pyridine rings is 2. The van der Waals surface area contributed by atoms with E-state index in [9.17, 15) is 0 Å². The largest absolute Gasteiger partial charge is 0 e. The molecular weight excluding hydrogens is 873 g/mol. The minimum absolute atomic E-state index is 0. The fourth-order valence-electron chi connectivity index (χ4n) is 6.58. The molecule has 0 amide bonds. The third-order valence-electron chi connectivity index (χ3n) is 9.37. The molecule has 0 aliphatic carbocycles. The van der Waals surface area contributed by atoms with E-state index in [0.717, 1.165) is 44.5 Å². The van der Waals surface area contributed by atoms with Crippen molar-refractivity contribution in [3.63, 3.8) is 0 Å². The van der Waals surface area contributed by atoms with Crippen LogP contribution in [0.5, 0.6) is 0 Å². The summed E-state index contributed by atoms with van der Waals surface area (Å²) in [4.78, 5) is 9.21. The molecule has 0 N–H and O–H groups in total. The van der Waals surface area contributed by atoms with Crippen LogP contribution in [-0.4, -0.2) is 23.2 Å². The first-order chi connectivity index (χ1) is 24.7. The Morgan fingerprint density at radius 2 is 1.33 bits per heavy atom. The summed E-state index contributed by atoms with van der Waals surface area (Å²) in [7, 11) is 0. The predicted octanol–water partition coefficient (Wildman–Crippen LogP) is 12.3. The summed E-state index contributed by atoms with van der Waals surface area (Å²) < 4.78 is 7.83. The Morgan fingerprint density at radius 3 is 2.00 bits per heavy atom. The molecule has 261 valence electrons. The molecule has 0 atom stereocenters. The number of nitrogens with zero attached hydrogens (tertiary/aromatic N) is 2. The maximum absolute atomic E-state index is 6.33. The average molecular weight is 916 g/mol. The Bertz CT molecular complexity index is 2430. The van der Waals surface area contributed by atoms with E-state index < -0.39 is 13.3 Å². The number of furan rings is 1. The molecule has 0 fully saturated rings. The standard InChI is InChI=1S/C32H24NO.C15H18GeN.Ir/c1-21(2)25-17-18-33-30(20-25)28-10-6-9-27-29-19-26(15-16-31(29)34-32(27)28)24-13-11-23(12-14-24)22-7-4-3-5-8-22;1-12-10-15(13-8-6-5-7-9-13)17-11-14(12)16(2,3)4;/h3-9,11-21H,1-2H3;5-8,10-11H,1-4H3;/q2*-1;. The molecule has 0 aliphatic rings. The second-order valence-corrected chi connectivity index (χ2v) is 25.0. The van der Waals surface area contributed by atoms with Crippen molar-refractivity contribution in [3.8, 4) is 44.8 Å². The minimum Gasteiger partial charge on any atom is 0 e. The van der Waals surface area contributed by atoms with Crippen LogP contribution in [0, 0.1) is 19.1 Å². The Morgan fingerprint density at radius 1 is 0.635 bits per heavy atom. The van der Waals surface area contributed by atoms with Crippen molar-refractivity contribution < 1.29 is 24.5 Å². The average Bonchev–Trinajstić information content (AvgIpc) is 3.54. The number of hydrogen-bond donors (Lipinski definition) is 0. The van der Waals surface area contributed by atoms with E-state index in [1.807, 2.05) is 36.5 Å². The van der Waals surface area contributed by atoms with E-state index in [2.05, 4.69) is 163 Å². The summed E-state index contributed by atoms with van der Waals surface area (Å²) in [5.41, 5.74) is 13.0. The van der Waals surface area contributed by atoms with Crippen molar-refractivity contribution >= 4 is 39.6 Å². The van der Waals surface area contributed by atoms with Crippen LogP contribution < -0.4 is 4.40 Å². The van der Waals surface area contributed by atoms with Crippen molar-refractivity contribution in [1.29, 1.82) is 0 Å². The molecule has 3 heterocycles. The van der Waals surface area contributed by atoms with Crippen LogP contribution in [0.15, 0.2) is 144 Å². The van der Waals surface area contributed by atoms with Gasteiger partial charge in [0.05, 0.1) is 5.58 Å². The van der Waals surface area contributed by atoms with Gasteiger partial charge in [0.1, 0.15) is 5.58 Å². The fraction of sp³-hybridized carbons (Fsp3) is 0.149. The van der Waals surface area contributed by atoms with Gasteiger partial charge in [-0.15, -0.1) is 18.2 Å². The minimum atomic E-state index is -1.77. The van der Waals surface area contributed by atoms with Crippen molar-refractivity contribution in [2.24, 2.45) is 0 Å². The molecule has 0 aliphatic heterocycles. The fourth-order valence-corrected chi connectivity index (χ4v) is 10.2. The molecule has 0 spiro atoms. The van der Waals surface area contributed by atoms with Crippen LogP contribution in [0.4, 0.5) is 0 Å². The second kappa shape index (κ2) is 16.0. The van der Waals surface area contributed by atoms with E-state index in [0.29, 0.717) is 5.92 Å². The molecule has 1 radical (unpaired) electrons. The summed E-state index contributed by atoms with van der Waals surface area (Å²) in [6.45, 7) is 6.58. The third-order valence-corrected chi connectivity index (χ3v) is 13.9. The second-order valence-electron chi connectivity index (χ2n) is 14.4. The van der Waals surface area contributed by atoms with E-state index in [-0.39, 0.29) is 20.1 Å². The summed E-state index contributed by atoms with van der Waals surface area (Å²) in [5, 5.41) is 2.19. The first-order valence-corrected chi connectivity index (χ1v) is 24.9. The number of aromatic nitrogens is 2. The number of hydrogen-bond acceptors (Lipinski definition) is 3. The molecule has 8 aromatic rings. The maximum atomic E-state index is 6.33. The van der Waals surface area contributed by atoms with Gasteiger partial charge in [-0.25, -0.2) is 0 Å². The zero-order chi connectivity index (χ0) is 35.5. The Balaban J connectivity index is 0.000000218. The smallest absolute Gasteiger partial charge is 0 e. The van der Waals surface area contributed by atoms with E-state index in [4.69, 9.17) is 4.42 Å². The number of rotatable bonds is 6. The van der Waals surface area contributed by atoms with E-state index >= 15 is 0 Å². The van der Waals surface area contributed by atoms with Crippen LogP contribution in [0.2, 0.25) is 17.3 Å². The molecule has 5 heteroatoms. The van der Waals surface area contributed by atoms with Gasteiger partial charge in [-0.3, -0.25) is 0 Å². The Hall–Kier alpha value is -4.61. The van der Waals surface area contributed by atoms with Gasteiger partial charge in [0, 0.05) is 31.7 Å². The SMILES string of the molecule is CC(C)c1ccnc(-c2[c-]ccc3c2oc2ccc(-c4ccc(-c5ccccc5)cc4)cc23)c1.Cc1cc(-c2[c-]cccc2)nc[c]1[Ge]([CH3])([CH3])[CH3].[Ir]. The Labute approximate surface area is 323 Å². The molecule has 0 saturated heterocycles. The van der Waals surface area contributed by atoms with Crippen LogP contribution in [0.3, 0.4) is 0 Å². The van der Waals surface area contributed by atoms with Gasteiger partial charge in [-0.05, 0) is 52.1 Å². The quantitative estimate of drug-likeness (QED) is 0.123. The Kier molecular flexibility index (Phi) is 11.4. The summed E-state index contributed by atoms with van der Waals surface area (Å²) >= 11 is -1.77. The van der Waals surface area contributed by atoms with Crippen LogP contribution >= 0.6 is 0 Å².